The predicted octanol–water partition coefficient (Wildman–Crippen LogP) is 2.81. The van der Waals surface area contributed by atoms with Gasteiger partial charge in [0.25, 0.3) is 0 Å². The molecule has 0 bridgehead atoms. The van der Waals surface area contributed by atoms with Gasteiger partial charge in [0, 0.05) is 30.3 Å². The Bertz CT molecular complexity index is 606. The molecule has 3 heterocycles. The highest BCUT2D eigenvalue weighted by molar-refractivity contribution is 7.09. The fraction of sp³-hybridized carbons (Fsp3) is 0.533. The van der Waals surface area contributed by atoms with Gasteiger partial charge in [0.05, 0.1) is 5.92 Å². The highest BCUT2D eigenvalue weighted by atomic mass is 32.1. The van der Waals surface area contributed by atoms with E-state index in [-0.39, 0.29) is 17.7 Å². The number of carbonyl (C=O) groups excluding carboxylic acids is 1. The van der Waals surface area contributed by atoms with E-state index in [4.69, 9.17) is 4.52 Å². The number of aromatic nitrogens is 2. The van der Waals surface area contributed by atoms with Gasteiger partial charge in [-0.2, -0.15) is 4.98 Å². The van der Waals surface area contributed by atoms with E-state index < -0.39 is 0 Å². The second-order valence-corrected chi connectivity index (χ2v) is 6.75. The molecule has 1 aliphatic heterocycles. The minimum absolute atomic E-state index is 0.0424. The first kappa shape index (κ1) is 14.3. The van der Waals surface area contributed by atoms with Crippen LogP contribution in [0, 0.1) is 0 Å². The van der Waals surface area contributed by atoms with Crippen LogP contribution in [0.5, 0.6) is 0 Å². The molecule has 112 valence electrons. The molecule has 0 spiro atoms. The van der Waals surface area contributed by atoms with Crippen molar-refractivity contribution in [3.8, 4) is 0 Å². The van der Waals surface area contributed by atoms with Crippen LogP contribution >= 0.6 is 11.3 Å². The van der Waals surface area contributed by atoms with Crippen molar-refractivity contribution in [1.82, 2.24) is 15.0 Å². The average molecular weight is 305 g/mol. The molecule has 0 aromatic carbocycles. The fourth-order valence-corrected chi connectivity index (χ4v) is 3.20. The minimum Gasteiger partial charge on any atom is -0.342 e. The average Bonchev–Trinajstić information content (AvgIpc) is 3.17. The van der Waals surface area contributed by atoms with Crippen molar-refractivity contribution in [3.63, 3.8) is 0 Å². The van der Waals surface area contributed by atoms with Crippen LogP contribution in [0.4, 0.5) is 0 Å². The molecule has 5 nitrogen and oxygen atoms in total. The van der Waals surface area contributed by atoms with Crippen LogP contribution in [-0.2, 0) is 11.2 Å². The van der Waals surface area contributed by atoms with Crippen molar-refractivity contribution in [2.45, 2.75) is 38.5 Å². The van der Waals surface area contributed by atoms with Crippen LogP contribution in [-0.4, -0.2) is 34.0 Å². The zero-order valence-electron chi connectivity index (χ0n) is 12.3. The van der Waals surface area contributed by atoms with E-state index in [0.29, 0.717) is 18.9 Å². The first-order valence-corrected chi connectivity index (χ1v) is 8.15. The number of hydrogen-bond acceptors (Lipinski definition) is 5. The number of hydrogen-bond donors (Lipinski definition) is 0. The maximum absolute atomic E-state index is 12.1. The maximum atomic E-state index is 12.1. The molecule has 0 N–H and O–H groups in total. The topological polar surface area (TPSA) is 59.2 Å². The zero-order chi connectivity index (χ0) is 14.8. The Hall–Kier alpha value is -1.69. The molecule has 2 aromatic heterocycles. The minimum atomic E-state index is 0.0424. The van der Waals surface area contributed by atoms with Crippen molar-refractivity contribution in [2.75, 3.05) is 13.1 Å². The molecule has 6 heteroatoms. The van der Waals surface area contributed by atoms with E-state index in [2.05, 4.69) is 21.6 Å². The fourth-order valence-electron chi connectivity index (χ4n) is 2.50. The van der Waals surface area contributed by atoms with E-state index in [9.17, 15) is 4.79 Å². The molecule has 1 aliphatic rings. The van der Waals surface area contributed by atoms with Crippen LogP contribution in [0.25, 0.3) is 0 Å². The number of carbonyl (C=O) groups is 1. The van der Waals surface area contributed by atoms with Gasteiger partial charge >= 0.3 is 0 Å². The van der Waals surface area contributed by atoms with Gasteiger partial charge in [0.15, 0.2) is 5.82 Å². The smallest absolute Gasteiger partial charge is 0.232 e. The molecule has 1 fully saturated rings. The molecule has 0 saturated carbocycles. The Morgan fingerprint density at radius 1 is 1.52 bits per heavy atom. The third kappa shape index (κ3) is 3.15. The highest BCUT2D eigenvalue weighted by Crippen LogP contribution is 2.28. The Kier molecular flexibility index (Phi) is 4.05. The van der Waals surface area contributed by atoms with Crippen LogP contribution < -0.4 is 0 Å². The molecule has 2 aromatic rings. The van der Waals surface area contributed by atoms with Gasteiger partial charge < -0.3 is 9.42 Å². The van der Waals surface area contributed by atoms with Gasteiger partial charge in [-0.15, -0.1) is 11.3 Å². The molecule has 1 amide bonds. The van der Waals surface area contributed by atoms with E-state index in [1.54, 1.807) is 11.3 Å². The van der Waals surface area contributed by atoms with Crippen molar-refractivity contribution >= 4 is 17.2 Å². The summed E-state index contributed by atoms with van der Waals surface area (Å²) < 4.78 is 5.32. The zero-order valence-corrected chi connectivity index (χ0v) is 13.1. The number of thiophene rings is 1. The largest absolute Gasteiger partial charge is 0.342 e. The Morgan fingerprint density at radius 3 is 3.05 bits per heavy atom. The molecule has 1 saturated heterocycles. The molecular weight excluding hydrogens is 286 g/mol. The maximum Gasteiger partial charge on any atom is 0.232 e. The monoisotopic (exact) mass is 305 g/mol. The Labute approximate surface area is 128 Å². The van der Waals surface area contributed by atoms with E-state index in [0.717, 1.165) is 18.8 Å². The van der Waals surface area contributed by atoms with Crippen molar-refractivity contribution in [1.29, 1.82) is 0 Å². The first-order chi connectivity index (χ1) is 10.1. The summed E-state index contributed by atoms with van der Waals surface area (Å²) in [7, 11) is 0. The SMILES string of the molecule is CC(C)c1noc([C@@H]2CC(=O)N(CCc3cccs3)C2)n1. The van der Waals surface area contributed by atoms with Gasteiger partial charge in [-0.3, -0.25) is 4.79 Å². The number of nitrogens with zero attached hydrogens (tertiary/aromatic N) is 3. The molecule has 0 unspecified atom stereocenters. The summed E-state index contributed by atoms with van der Waals surface area (Å²) in [6.45, 7) is 5.51. The lowest BCUT2D eigenvalue weighted by Crippen LogP contribution is -2.27. The molecule has 0 radical (unpaired) electrons. The molecular formula is C15H19N3O2S. The summed E-state index contributed by atoms with van der Waals surface area (Å²) in [5.74, 6) is 1.79. The number of rotatable bonds is 5. The standard InChI is InChI=1S/C15H19N3O2S/c1-10(2)14-16-15(20-17-14)11-8-13(19)18(9-11)6-5-12-4-3-7-21-12/h3-4,7,10-11H,5-6,8-9H2,1-2H3/t11-/m1/s1. The second-order valence-electron chi connectivity index (χ2n) is 5.72. The summed E-state index contributed by atoms with van der Waals surface area (Å²) in [6, 6.07) is 4.15. The van der Waals surface area contributed by atoms with E-state index >= 15 is 0 Å². The lowest BCUT2D eigenvalue weighted by atomic mass is 10.1. The predicted molar refractivity (Wildman–Crippen MR) is 80.3 cm³/mol. The van der Waals surface area contributed by atoms with Crippen LogP contribution in [0.2, 0.25) is 0 Å². The van der Waals surface area contributed by atoms with Gasteiger partial charge in [0.1, 0.15) is 0 Å². The summed E-state index contributed by atoms with van der Waals surface area (Å²) in [5.41, 5.74) is 0. The lowest BCUT2D eigenvalue weighted by Gasteiger charge is -2.15. The summed E-state index contributed by atoms with van der Waals surface area (Å²) in [5, 5.41) is 6.05. The van der Waals surface area contributed by atoms with Crippen molar-refractivity contribution in [2.24, 2.45) is 0 Å². The van der Waals surface area contributed by atoms with Crippen molar-refractivity contribution < 1.29 is 9.32 Å². The summed E-state index contributed by atoms with van der Waals surface area (Å²) in [6.07, 6.45) is 1.39. The van der Waals surface area contributed by atoms with E-state index in [1.165, 1.54) is 4.88 Å². The third-order valence-corrected chi connectivity index (χ3v) is 4.68. The Balaban J connectivity index is 1.61. The van der Waals surface area contributed by atoms with Gasteiger partial charge in [-0.05, 0) is 17.9 Å². The van der Waals surface area contributed by atoms with E-state index in [1.807, 2.05) is 24.8 Å². The number of amides is 1. The van der Waals surface area contributed by atoms with Crippen LogP contribution in [0.3, 0.4) is 0 Å². The quantitative estimate of drug-likeness (QED) is 0.852. The van der Waals surface area contributed by atoms with Gasteiger partial charge in [0.2, 0.25) is 11.8 Å². The Morgan fingerprint density at radius 2 is 2.38 bits per heavy atom. The lowest BCUT2D eigenvalue weighted by molar-refractivity contribution is -0.127. The first-order valence-electron chi connectivity index (χ1n) is 7.27. The van der Waals surface area contributed by atoms with Gasteiger partial charge in [-0.25, -0.2) is 0 Å². The molecule has 3 rings (SSSR count). The third-order valence-electron chi connectivity index (χ3n) is 3.75. The van der Waals surface area contributed by atoms with Crippen LogP contribution in [0.1, 0.15) is 48.7 Å². The molecule has 21 heavy (non-hydrogen) atoms. The summed E-state index contributed by atoms with van der Waals surface area (Å²) >= 11 is 1.73. The van der Waals surface area contributed by atoms with Crippen molar-refractivity contribution in [3.05, 3.63) is 34.1 Å². The van der Waals surface area contributed by atoms with Gasteiger partial charge in [-0.1, -0.05) is 25.1 Å². The molecule has 1 atom stereocenters. The number of likely N-dealkylation sites (tertiary alicyclic amines) is 1. The second kappa shape index (κ2) is 5.97. The summed E-state index contributed by atoms with van der Waals surface area (Å²) in [4.78, 5) is 19.7. The normalized spacial score (nSPS) is 18.9. The highest BCUT2D eigenvalue weighted by Gasteiger charge is 2.34. The molecule has 0 aliphatic carbocycles. The van der Waals surface area contributed by atoms with Crippen LogP contribution in [0.15, 0.2) is 22.0 Å².